The van der Waals surface area contributed by atoms with Crippen molar-refractivity contribution in [1.82, 2.24) is 15.5 Å². The van der Waals surface area contributed by atoms with Crippen molar-refractivity contribution in [2.24, 2.45) is 0 Å². The first-order valence-electron chi connectivity index (χ1n) is 5.94. The average molecular weight is 225 g/mol. The fraction of sp³-hybridized carbons (Fsp3) is 0.750. The van der Waals surface area contributed by atoms with Gasteiger partial charge >= 0.3 is 0 Å². The first-order chi connectivity index (χ1) is 7.56. The molecule has 0 aromatic heterocycles. The van der Waals surface area contributed by atoms with E-state index in [2.05, 4.69) is 36.0 Å². The highest BCUT2D eigenvalue weighted by molar-refractivity contribution is 5.81. The molecule has 1 aliphatic heterocycles. The van der Waals surface area contributed by atoms with Gasteiger partial charge in [0.15, 0.2) is 0 Å². The second-order valence-electron chi connectivity index (χ2n) is 4.56. The predicted octanol–water partition coefficient (Wildman–Crippen LogP) is 0.359. The van der Waals surface area contributed by atoms with Crippen LogP contribution in [-0.4, -0.2) is 48.6 Å². The maximum absolute atomic E-state index is 11.8. The SMILES string of the molecule is C=CCNC(=O)C(C)N1CC(C)NCC1C. The molecule has 0 aromatic rings. The van der Waals surface area contributed by atoms with Crippen LogP contribution in [0, 0.1) is 0 Å². The Kier molecular flexibility index (Phi) is 4.96. The molecule has 3 unspecified atom stereocenters. The average Bonchev–Trinajstić information content (AvgIpc) is 2.28. The van der Waals surface area contributed by atoms with Gasteiger partial charge in [0.1, 0.15) is 0 Å². The molecule has 1 saturated heterocycles. The minimum Gasteiger partial charge on any atom is -0.351 e. The van der Waals surface area contributed by atoms with E-state index in [1.807, 2.05) is 6.92 Å². The number of hydrogen-bond donors (Lipinski definition) is 2. The zero-order valence-electron chi connectivity index (χ0n) is 10.5. The number of piperazine rings is 1. The van der Waals surface area contributed by atoms with E-state index in [9.17, 15) is 4.79 Å². The molecule has 0 bridgehead atoms. The van der Waals surface area contributed by atoms with Gasteiger partial charge in [-0.1, -0.05) is 6.08 Å². The standard InChI is InChI=1S/C12H23N3O/c1-5-6-13-12(16)11(4)15-8-9(2)14-7-10(15)3/h5,9-11,14H,1,6-8H2,2-4H3,(H,13,16). The number of nitrogens with zero attached hydrogens (tertiary/aromatic N) is 1. The number of hydrogen-bond acceptors (Lipinski definition) is 3. The summed E-state index contributed by atoms with van der Waals surface area (Å²) in [5, 5.41) is 6.25. The summed E-state index contributed by atoms with van der Waals surface area (Å²) < 4.78 is 0. The number of amides is 1. The van der Waals surface area contributed by atoms with Crippen LogP contribution in [0.4, 0.5) is 0 Å². The molecule has 4 heteroatoms. The van der Waals surface area contributed by atoms with Crippen molar-refractivity contribution in [2.75, 3.05) is 19.6 Å². The van der Waals surface area contributed by atoms with Crippen molar-refractivity contribution in [3.63, 3.8) is 0 Å². The highest BCUT2D eigenvalue weighted by atomic mass is 16.2. The van der Waals surface area contributed by atoms with Crippen LogP contribution in [0.25, 0.3) is 0 Å². The van der Waals surface area contributed by atoms with Crippen molar-refractivity contribution in [3.8, 4) is 0 Å². The molecule has 92 valence electrons. The summed E-state index contributed by atoms with van der Waals surface area (Å²) in [5.74, 6) is 0.0841. The van der Waals surface area contributed by atoms with Crippen molar-refractivity contribution in [2.45, 2.75) is 38.9 Å². The fourth-order valence-corrected chi connectivity index (χ4v) is 2.06. The molecule has 1 fully saturated rings. The molecule has 1 aliphatic rings. The van der Waals surface area contributed by atoms with E-state index in [0.29, 0.717) is 18.6 Å². The quantitative estimate of drug-likeness (QED) is 0.679. The molecule has 0 aromatic carbocycles. The van der Waals surface area contributed by atoms with Gasteiger partial charge in [-0.05, 0) is 20.8 Å². The lowest BCUT2D eigenvalue weighted by atomic mass is 10.1. The van der Waals surface area contributed by atoms with Crippen molar-refractivity contribution in [1.29, 1.82) is 0 Å². The van der Waals surface area contributed by atoms with E-state index in [4.69, 9.17) is 0 Å². The predicted molar refractivity (Wildman–Crippen MR) is 66.3 cm³/mol. The number of rotatable bonds is 4. The third-order valence-corrected chi connectivity index (χ3v) is 3.11. The Bertz CT molecular complexity index is 255. The van der Waals surface area contributed by atoms with Crippen LogP contribution >= 0.6 is 0 Å². The molecule has 3 atom stereocenters. The first kappa shape index (κ1) is 13.2. The van der Waals surface area contributed by atoms with Crippen LogP contribution in [0.2, 0.25) is 0 Å². The van der Waals surface area contributed by atoms with Gasteiger partial charge in [0.25, 0.3) is 0 Å². The lowest BCUT2D eigenvalue weighted by molar-refractivity contribution is -0.127. The normalized spacial score (nSPS) is 28.4. The minimum absolute atomic E-state index is 0.0699. The second-order valence-corrected chi connectivity index (χ2v) is 4.56. The smallest absolute Gasteiger partial charge is 0.237 e. The highest BCUT2D eigenvalue weighted by Crippen LogP contribution is 2.11. The van der Waals surface area contributed by atoms with Gasteiger partial charge in [-0.3, -0.25) is 9.69 Å². The zero-order valence-corrected chi connectivity index (χ0v) is 10.5. The van der Waals surface area contributed by atoms with Gasteiger partial charge in [-0.15, -0.1) is 6.58 Å². The maximum atomic E-state index is 11.8. The van der Waals surface area contributed by atoms with Crippen LogP contribution in [0.3, 0.4) is 0 Å². The van der Waals surface area contributed by atoms with Crippen LogP contribution in [0.1, 0.15) is 20.8 Å². The van der Waals surface area contributed by atoms with Gasteiger partial charge in [0.2, 0.25) is 5.91 Å². The van der Waals surface area contributed by atoms with Gasteiger partial charge in [0, 0.05) is 31.7 Å². The Morgan fingerprint density at radius 2 is 2.38 bits per heavy atom. The number of carbonyl (C=O) groups is 1. The Morgan fingerprint density at radius 1 is 1.69 bits per heavy atom. The summed E-state index contributed by atoms with van der Waals surface area (Å²) in [5.41, 5.74) is 0. The minimum atomic E-state index is -0.0699. The molecule has 1 amide bonds. The molecule has 0 saturated carbocycles. The van der Waals surface area contributed by atoms with Crippen LogP contribution < -0.4 is 10.6 Å². The summed E-state index contributed by atoms with van der Waals surface area (Å²) in [7, 11) is 0. The molecule has 1 heterocycles. The van der Waals surface area contributed by atoms with Gasteiger partial charge in [-0.2, -0.15) is 0 Å². The van der Waals surface area contributed by atoms with Gasteiger partial charge < -0.3 is 10.6 Å². The highest BCUT2D eigenvalue weighted by Gasteiger charge is 2.29. The molecule has 2 N–H and O–H groups in total. The first-order valence-corrected chi connectivity index (χ1v) is 5.94. The zero-order chi connectivity index (χ0) is 12.1. The summed E-state index contributed by atoms with van der Waals surface area (Å²) in [6.07, 6.45) is 1.70. The summed E-state index contributed by atoms with van der Waals surface area (Å²) in [4.78, 5) is 14.1. The van der Waals surface area contributed by atoms with Crippen molar-refractivity contribution in [3.05, 3.63) is 12.7 Å². The van der Waals surface area contributed by atoms with Crippen molar-refractivity contribution < 1.29 is 4.79 Å². The molecule has 1 rings (SSSR count). The largest absolute Gasteiger partial charge is 0.351 e. The van der Waals surface area contributed by atoms with E-state index in [-0.39, 0.29) is 11.9 Å². The molecule has 4 nitrogen and oxygen atoms in total. The topological polar surface area (TPSA) is 44.4 Å². The molecule has 0 radical (unpaired) electrons. The summed E-state index contributed by atoms with van der Waals surface area (Å²) in [6, 6.07) is 0.783. The Balaban J connectivity index is 2.53. The molecule has 0 spiro atoms. The number of carbonyl (C=O) groups excluding carboxylic acids is 1. The lowest BCUT2D eigenvalue weighted by Gasteiger charge is -2.40. The monoisotopic (exact) mass is 225 g/mol. The summed E-state index contributed by atoms with van der Waals surface area (Å²) in [6.45, 7) is 12.3. The molecule has 16 heavy (non-hydrogen) atoms. The molecular weight excluding hydrogens is 202 g/mol. The Hall–Kier alpha value is -0.870. The van der Waals surface area contributed by atoms with Gasteiger partial charge in [-0.25, -0.2) is 0 Å². The Morgan fingerprint density at radius 3 is 3.00 bits per heavy atom. The molecular formula is C12H23N3O. The fourth-order valence-electron chi connectivity index (χ4n) is 2.06. The van der Waals surface area contributed by atoms with E-state index in [1.54, 1.807) is 6.08 Å². The van der Waals surface area contributed by atoms with Crippen LogP contribution in [0.15, 0.2) is 12.7 Å². The van der Waals surface area contributed by atoms with Gasteiger partial charge in [0.05, 0.1) is 6.04 Å². The van der Waals surface area contributed by atoms with E-state index < -0.39 is 0 Å². The van der Waals surface area contributed by atoms with E-state index in [1.165, 1.54) is 0 Å². The molecule has 0 aliphatic carbocycles. The maximum Gasteiger partial charge on any atom is 0.237 e. The van der Waals surface area contributed by atoms with Crippen LogP contribution in [-0.2, 0) is 4.79 Å². The van der Waals surface area contributed by atoms with Crippen LogP contribution in [0.5, 0.6) is 0 Å². The number of nitrogens with one attached hydrogen (secondary N) is 2. The third-order valence-electron chi connectivity index (χ3n) is 3.11. The summed E-state index contributed by atoms with van der Waals surface area (Å²) >= 11 is 0. The van der Waals surface area contributed by atoms with E-state index >= 15 is 0 Å². The van der Waals surface area contributed by atoms with E-state index in [0.717, 1.165) is 13.1 Å². The van der Waals surface area contributed by atoms with Crippen molar-refractivity contribution >= 4 is 5.91 Å². The Labute approximate surface area is 98.1 Å². The second kappa shape index (κ2) is 6.01. The third kappa shape index (κ3) is 3.32. The lowest BCUT2D eigenvalue weighted by Crippen LogP contribution is -2.60.